The molecule has 0 atom stereocenters. The van der Waals surface area contributed by atoms with Gasteiger partial charge < -0.3 is 4.90 Å². The van der Waals surface area contributed by atoms with Gasteiger partial charge in [-0.25, -0.2) is 0 Å². The van der Waals surface area contributed by atoms with Gasteiger partial charge in [-0.15, -0.1) is 0 Å². The summed E-state index contributed by atoms with van der Waals surface area (Å²) in [6.45, 7) is 7.54. The first-order valence-electron chi connectivity index (χ1n) is 5.15. The van der Waals surface area contributed by atoms with Crippen molar-refractivity contribution >= 4 is 23.1 Å². The zero-order valence-electron chi connectivity index (χ0n) is 9.38. The number of carbonyl (C=O) groups excluding carboxylic acids is 1. The summed E-state index contributed by atoms with van der Waals surface area (Å²) in [4.78, 5) is 13.4. The minimum absolute atomic E-state index is 0.0471. The van der Waals surface area contributed by atoms with Crippen LogP contribution < -0.4 is 4.90 Å². The molecule has 0 heterocycles. The van der Waals surface area contributed by atoms with Crippen LogP contribution >= 0.6 is 11.6 Å². The van der Waals surface area contributed by atoms with E-state index < -0.39 is 0 Å². The Morgan fingerprint density at radius 3 is 2.33 bits per heavy atom. The third-order valence-electron chi connectivity index (χ3n) is 2.42. The maximum atomic E-state index is 11.3. The van der Waals surface area contributed by atoms with Crippen LogP contribution in [-0.4, -0.2) is 18.9 Å². The molecule has 0 spiro atoms. The van der Waals surface area contributed by atoms with Crippen LogP contribution in [0.2, 0.25) is 5.02 Å². The van der Waals surface area contributed by atoms with Crippen molar-refractivity contribution in [3.05, 3.63) is 28.8 Å². The number of Topliss-reactive ketones (excluding diaryl/α,β-unsaturated/α-hetero) is 1. The fraction of sp³-hybridized carbons (Fsp3) is 0.417. The zero-order valence-corrected chi connectivity index (χ0v) is 10.1. The van der Waals surface area contributed by atoms with E-state index in [1.165, 1.54) is 0 Å². The molecular formula is C12H16ClNO. The summed E-state index contributed by atoms with van der Waals surface area (Å²) in [5.74, 6) is 0.0471. The zero-order chi connectivity index (χ0) is 11.4. The molecule has 2 nitrogen and oxygen atoms in total. The van der Waals surface area contributed by atoms with Crippen LogP contribution in [0.5, 0.6) is 0 Å². The van der Waals surface area contributed by atoms with Gasteiger partial charge in [0.15, 0.2) is 5.78 Å². The predicted octanol–water partition coefficient (Wildman–Crippen LogP) is 3.39. The molecule has 0 bridgehead atoms. The van der Waals surface area contributed by atoms with Crippen LogP contribution in [0, 0.1) is 0 Å². The number of hydrogen-bond acceptors (Lipinski definition) is 2. The van der Waals surface area contributed by atoms with Crippen molar-refractivity contribution in [3.8, 4) is 0 Å². The van der Waals surface area contributed by atoms with Gasteiger partial charge in [0.05, 0.1) is 0 Å². The topological polar surface area (TPSA) is 20.3 Å². The molecule has 0 unspecified atom stereocenters. The Bertz CT molecular complexity index is 359. The van der Waals surface area contributed by atoms with E-state index in [2.05, 4.69) is 18.7 Å². The molecule has 0 aromatic heterocycles. The lowest BCUT2D eigenvalue weighted by atomic mass is 10.1. The average molecular weight is 226 g/mol. The normalized spacial score (nSPS) is 10.1. The number of nitrogens with zero attached hydrogens (tertiary/aromatic N) is 1. The highest BCUT2D eigenvalue weighted by molar-refractivity contribution is 6.31. The molecule has 0 saturated heterocycles. The maximum Gasteiger partial charge on any atom is 0.159 e. The maximum absolute atomic E-state index is 11.3. The Kier molecular flexibility index (Phi) is 4.15. The van der Waals surface area contributed by atoms with E-state index in [0.717, 1.165) is 18.8 Å². The van der Waals surface area contributed by atoms with Crippen LogP contribution in [-0.2, 0) is 0 Å². The molecule has 0 radical (unpaired) electrons. The molecule has 1 rings (SSSR count). The summed E-state index contributed by atoms with van der Waals surface area (Å²) >= 11 is 5.97. The van der Waals surface area contributed by atoms with Crippen molar-refractivity contribution in [3.63, 3.8) is 0 Å². The van der Waals surface area contributed by atoms with E-state index in [9.17, 15) is 4.79 Å². The van der Waals surface area contributed by atoms with Crippen molar-refractivity contribution < 1.29 is 4.79 Å². The van der Waals surface area contributed by atoms with Gasteiger partial charge in [-0.1, -0.05) is 11.6 Å². The number of anilines is 1. The Labute approximate surface area is 95.8 Å². The lowest BCUT2D eigenvalue weighted by Crippen LogP contribution is -2.22. The van der Waals surface area contributed by atoms with Gasteiger partial charge in [0.1, 0.15) is 0 Å². The Hall–Kier alpha value is -1.02. The number of rotatable bonds is 4. The highest BCUT2D eigenvalue weighted by Gasteiger charge is 2.07. The lowest BCUT2D eigenvalue weighted by Gasteiger charge is -2.21. The SMILES string of the molecule is CCN(CC)c1cc(Cl)cc(C(C)=O)c1. The Balaban J connectivity index is 3.13. The highest BCUT2D eigenvalue weighted by Crippen LogP contribution is 2.22. The van der Waals surface area contributed by atoms with Crippen LogP contribution in [0.3, 0.4) is 0 Å². The molecule has 0 aliphatic rings. The van der Waals surface area contributed by atoms with E-state index in [-0.39, 0.29) is 5.78 Å². The highest BCUT2D eigenvalue weighted by atomic mass is 35.5. The van der Waals surface area contributed by atoms with E-state index in [4.69, 9.17) is 11.6 Å². The van der Waals surface area contributed by atoms with Crippen LogP contribution in [0.1, 0.15) is 31.1 Å². The largest absolute Gasteiger partial charge is 0.372 e. The van der Waals surface area contributed by atoms with Gasteiger partial charge in [0.25, 0.3) is 0 Å². The standard InChI is InChI=1S/C12H16ClNO/c1-4-14(5-2)12-7-10(9(3)15)6-11(13)8-12/h6-8H,4-5H2,1-3H3. The Morgan fingerprint density at radius 2 is 1.87 bits per heavy atom. The van der Waals surface area contributed by atoms with Gasteiger partial charge in [-0.05, 0) is 39.0 Å². The second kappa shape index (κ2) is 5.17. The van der Waals surface area contributed by atoms with Crippen molar-refractivity contribution in [2.45, 2.75) is 20.8 Å². The van der Waals surface area contributed by atoms with Gasteiger partial charge in [0, 0.05) is 29.4 Å². The van der Waals surface area contributed by atoms with E-state index in [0.29, 0.717) is 10.6 Å². The monoisotopic (exact) mass is 225 g/mol. The van der Waals surface area contributed by atoms with Crippen LogP contribution in [0.4, 0.5) is 5.69 Å². The van der Waals surface area contributed by atoms with Gasteiger partial charge in [-0.3, -0.25) is 4.79 Å². The molecule has 82 valence electrons. The summed E-state index contributed by atoms with van der Waals surface area (Å²) in [7, 11) is 0. The molecular weight excluding hydrogens is 210 g/mol. The third-order valence-corrected chi connectivity index (χ3v) is 2.64. The molecule has 0 fully saturated rings. The van der Waals surface area contributed by atoms with Crippen LogP contribution in [0.25, 0.3) is 0 Å². The molecule has 1 aromatic carbocycles. The van der Waals surface area contributed by atoms with Crippen molar-refractivity contribution in [2.24, 2.45) is 0 Å². The third kappa shape index (κ3) is 2.96. The van der Waals surface area contributed by atoms with Crippen molar-refractivity contribution in [1.82, 2.24) is 0 Å². The minimum atomic E-state index is 0.0471. The quantitative estimate of drug-likeness (QED) is 0.733. The molecule has 15 heavy (non-hydrogen) atoms. The average Bonchev–Trinajstić information content (AvgIpc) is 2.18. The second-order valence-corrected chi connectivity index (χ2v) is 3.86. The number of carbonyl (C=O) groups is 1. The number of benzene rings is 1. The molecule has 1 aromatic rings. The predicted molar refractivity (Wildman–Crippen MR) is 65.0 cm³/mol. The summed E-state index contributed by atoms with van der Waals surface area (Å²) in [6.07, 6.45) is 0. The molecule has 0 aliphatic carbocycles. The van der Waals surface area contributed by atoms with Gasteiger partial charge >= 0.3 is 0 Å². The number of ketones is 1. The summed E-state index contributed by atoms with van der Waals surface area (Å²) < 4.78 is 0. The van der Waals surface area contributed by atoms with E-state index in [1.54, 1.807) is 13.0 Å². The first-order valence-corrected chi connectivity index (χ1v) is 5.52. The summed E-state index contributed by atoms with van der Waals surface area (Å²) in [6, 6.07) is 5.49. The van der Waals surface area contributed by atoms with Gasteiger partial charge in [0.2, 0.25) is 0 Å². The molecule has 3 heteroatoms. The molecule has 0 N–H and O–H groups in total. The fourth-order valence-corrected chi connectivity index (χ4v) is 1.78. The first kappa shape index (κ1) is 12.1. The van der Waals surface area contributed by atoms with E-state index >= 15 is 0 Å². The van der Waals surface area contributed by atoms with Gasteiger partial charge in [-0.2, -0.15) is 0 Å². The fourth-order valence-electron chi connectivity index (χ4n) is 1.55. The molecule has 0 saturated carbocycles. The number of halogens is 1. The Morgan fingerprint density at radius 1 is 1.27 bits per heavy atom. The minimum Gasteiger partial charge on any atom is -0.372 e. The second-order valence-electron chi connectivity index (χ2n) is 3.43. The van der Waals surface area contributed by atoms with E-state index in [1.807, 2.05) is 12.1 Å². The van der Waals surface area contributed by atoms with Crippen molar-refractivity contribution in [1.29, 1.82) is 0 Å². The molecule has 0 aliphatic heterocycles. The number of hydrogen-bond donors (Lipinski definition) is 0. The first-order chi connectivity index (χ1) is 7.08. The lowest BCUT2D eigenvalue weighted by molar-refractivity contribution is 0.101. The smallest absolute Gasteiger partial charge is 0.159 e. The van der Waals surface area contributed by atoms with Crippen LogP contribution in [0.15, 0.2) is 18.2 Å². The van der Waals surface area contributed by atoms with Crippen molar-refractivity contribution in [2.75, 3.05) is 18.0 Å². The summed E-state index contributed by atoms with van der Waals surface area (Å²) in [5.41, 5.74) is 1.68. The molecule has 0 amide bonds. The summed E-state index contributed by atoms with van der Waals surface area (Å²) in [5, 5.41) is 0.615.